The van der Waals surface area contributed by atoms with Gasteiger partial charge in [-0.05, 0) is 43.5 Å². The smallest absolute Gasteiger partial charge is 0.0411 e. The summed E-state index contributed by atoms with van der Waals surface area (Å²) in [4.78, 5) is 0. The van der Waals surface area contributed by atoms with E-state index in [0.29, 0.717) is 6.04 Å². The van der Waals surface area contributed by atoms with Crippen LogP contribution in [0.25, 0.3) is 0 Å². The van der Waals surface area contributed by atoms with Gasteiger partial charge in [0, 0.05) is 11.8 Å². The highest BCUT2D eigenvalue weighted by molar-refractivity contribution is 7.99. The van der Waals surface area contributed by atoms with Crippen LogP contribution in [0.1, 0.15) is 50.8 Å². The Bertz CT molecular complexity index is 349. The van der Waals surface area contributed by atoms with Crippen LogP contribution in [0.2, 0.25) is 0 Å². The first-order chi connectivity index (χ1) is 9.13. The third-order valence-corrected chi connectivity index (χ3v) is 4.30. The van der Waals surface area contributed by atoms with E-state index in [-0.39, 0.29) is 0 Å². The van der Waals surface area contributed by atoms with Gasteiger partial charge < -0.3 is 5.32 Å². The van der Waals surface area contributed by atoms with Crippen molar-refractivity contribution >= 4 is 11.8 Å². The van der Waals surface area contributed by atoms with Gasteiger partial charge in [-0.3, -0.25) is 0 Å². The monoisotopic (exact) mass is 279 g/mol. The topological polar surface area (TPSA) is 12.0 Å². The Morgan fingerprint density at radius 2 is 2.05 bits per heavy atom. The van der Waals surface area contributed by atoms with E-state index < -0.39 is 0 Å². The zero-order chi connectivity index (χ0) is 14.1. The van der Waals surface area contributed by atoms with Crippen LogP contribution in [-0.2, 0) is 0 Å². The van der Waals surface area contributed by atoms with Gasteiger partial charge in [0.2, 0.25) is 0 Å². The quantitative estimate of drug-likeness (QED) is 0.651. The molecule has 0 aliphatic carbocycles. The number of benzene rings is 1. The highest BCUT2D eigenvalue weighted by Gasteiger charge is 2.10. The van der Waals surface area contributed by atoms with Crippen LogP contribution in [0.3, 0.4) is 0 Å². The molecule has 1 aromatic carbocycles. The number of nitrogens with one attached hydrogen (secondary N) is 1. The van der Waals surface area contributed by atoms with Crippen molar-refractivity contribution in [3.8, 4) is 0 Å². The fourth-order valence-electron chi connectivity index (χ4n) is 2.00. The Morgan fingerprint density at radius 1 is 1.26 bits per heavy atom. The normalized spacial score (nSPS) is 12.9. The summed E-state index contributed by atoms with van der Waals surface area (Å²) in [5.41, 5.74) is 2.79. The van der Waals surface area contributed by atoms with Crippen molar-refractivity contribution in [1.82, 2.24) is 5.32 Å². The number of hydrogen-bond donors (Lipinski definition) is 1. The van der Waals surface area contributed by atoms with Crippen molar-refractivity contribution in [2.24, 2.45) is 5.92 Å². The lowest BCUT2D eigenvalue weighted by atomic mass is 10.1. The highest BCUT2D eigenvalue weighted by Crippen LogP contribution is 2.21. The maximum absolute atomic E-state index is 3.68. The molecule has 1 rings (SSSR count). The van der Waals surface area contributed by atoms with Gasteiger partial charge in [0.25, 0.3) is 0 Å². The standard InChI is InChI=1S/C17H29NS/c1-5-10-18-17(13-19-11-9-14(2)3)16-8-6-7-15(4)12-16/h6-8,12,14,17-18H,5,9-11,13H2,1-4H3. The predicted molar refractivity (Wildman–Crippen MR) is 89.0 cm³/mol. The molecule has 0 aliphatic rings. The van der Waals surface area contributed by atoms with E-state index in [1.54, 1.807) is 0 Å². The average molecular weight is 279 g/mol. The molecule has 0 radical (unpaired) electrons. The van der Waals surface area contributed by atoms with E-state index in [4.69, 9.17) is 0 Å². The average Bonchev–Trinajstić information content (AvgIpc) is 2.37. The molecule has 19 heavy (non-hydrogen) atoms. The second kappa shape index (κ2) is 9.44. The zero-order valence-electron chi connectivity index (χ0n) is 12.9. The van der Waals surface area contributed by atoms with Crippen LogP contribution in [0.15, 0.2) is 24.3 Å². The number of hydrogen-bond acceptors (Lipinski definition) is 2. The molecule has 0 bridgehead atoms. The van der Waals surface area contributed by atoms with Gasteiger partial charge in [0.1, 0.15) is 0 Å². The van der Waals surface area contributed by atoms with Crippen LogP contribution in [-0.4, -0.2) is 18.1 Å². The highest BCUT2D eigenvalue weighted by atomic mass is 32.2. The molecule has 0 spiro atoms. The van der Waals surface area contributed by atoms with Crippen LogP contribution in [0.4, 0.5) is 0 Å². The molecule has 2 heteroatoms. The molecule has 1 aromatic rings. The molecule has 1 nitrogen and oxygen atoms in total. The minimum atomic E-state index is 0.497. The molecular formula is C17H29NS. The van der Waals surface area contributed by atoms with Crippen molar-refractivity contribution in [2.75, 3.05) is 18.1 Å². The first-order valence-corrected chi connectivity index (χ1v) is 8.66. The second-order valence-corrected chi connectivity index (χ2v) is 6.83. The van der Waals surface area contributed by atoms with Crippen molar-refractivity contribution in [3.63, 3.8) is 0 Å². The van der Waals surface area contributed by atoms with Crippen molar-refractivity contribution in [3.05, 3.63) is 35.4 Å². The second-order valence-electron chi connectivity index (χ2n) is 5.68. The van der Waals surface area contributed by atoms with E-state index in [1.807, 2.05) is 0 Å². The van der Waals surface area contributed by atoms with Gasteiger partial charge in [0.15, 0.2) is 0 Å². The molecule has 108 valence electrons. The van der Waals surface area contributed by atoms with E-state index in [0.717, 1.165) is 12.5 Å². The summed E-state index contributed by atoms with van der Waals surface area (Å²) in [6.45, 7) is 10.1. The van der Waals surface area contributed by atoms with Crippen molar-refractivity contribution < 1.29 is 0 Å². The molecule has 1 unspecified atom stereocenters. The van der Waals surface area contributed by atoms with E-state index in [1.165, 1.54) is 35.5 Å². The zero-order valence-corrected chi connectivity index (χ0v) is 13.7. The summed E-state index contributed by atoms with van der Waals surface area (Å²) in [7, 11) is 0. The molecule has 1 N–H and O–H groups in total. The third kappa shape index (κ3) is 7.03. The maximum Gasteiger partial charge on any atom is 0.0411 e. The molecule has 0 fully saturated rings. The molecular weight excluding hydrogens is 250 g/mol. The first kappa shape index (κ1) is 16.6. The van der Waals surface area contributed by atoms with Crippen molar-refractivity contribution in [1.29, 1.82) is 0 Å². The summed E-state index contributed by atoms with van der Waals surface area (Å²) < 4.78 is 0. The van der Waals surface area contributed by atoms with Crippen LogP contribution in [0, 0.1) is 12.8 Å². The SMILES string of the molecule is CCCNC(CSCCC(C)C)c1cccc(C)c1. The molecule has 0 saturated carbocycles. The van der Waals surface area contributed by atoms with E-state index in [9.17, 15) is 0 Å². The van der Waals surface area contributed by atoms with Crippen LogP contribution >= 0.6 is 11.8 Å². The Balaban J connectivity index is 2.51. The fraction of sp³-hybridized carbons (Fsp3) is 0.647. The van der Waals surface area contributed by atoms with Gasteiger partial charge in [0.05, 0.1) is 0 Å². The largest absolute Gasteiger partial charge is 0.309 e. The summed E-state index contributed by atoms with van der Waals surface area (Å²) in [6.07, 6.45) is 2.51. The lowest BCUT2D eigenvalue weighted by molar-refractivity contribution is 0.576. The summed E-state index contributed by atoms with van der Waals surface area (Å²) >= 11 is 2.08. The van der Waals surface area contributed by atoms with Gasteiger partial charge >= 0.3 is 0 Å². The Labute approximate surface area is 123 Å². The maximum atomic E-state index is 3.68. The molecule has 0 aliphatic heterocycles. The summed E-state index contributed by atoms with van der Waals surface area (Å²) in [5, 5.41) is 3.68. The van der Waals surface area contributed by atoms with Crippen LogP contribution in [0.5, 0.6) is 0 Å². The number of rotatable bonds is 9. The lowest BCUT2D eigenvalue weighted by Crippen LogP contribution is -2.24. The first-order valence-electron chi connectivity index (χ1n) is 7.51. The molecule has 0 aromatic heterocycles. The Kier molecular flexibility index (Phi) is 8.24. The van der Waals surface area contributed by atoms with Gasteiger partial charge in [-0.2, -0.15) is 11.8 Å². The van der Waals surface area contributed by atoms with E-state index in [2.05, 4.69) is 69.0 Å². The number of thioether (sulfide) groups is 1. The minimum absolute atomic E-state index is 0.497. The van der Waals surface area contributed by atoms with Gasteiger partial charge in [-0.15, -0.1) is 0 Å². The Hall–Kier alpha value is -0.470. The predicted octanol–water partition coefficient (Wildman–Crippen LogP) is 4.82. The fourth-order valence-corrected chi connectivity index (χ4v) is 3.35. The Morgan fingerprint density at radius 3 is 2.68 bits per heavy atom. The van der Waals surface area contributed by atoms with Crippen molar-refractivity contribution in [2.45, 2.75) is 46.6 Å². The molecule has 0 amide bonds. The van der Waals surface area contributed by atoms with E-state index >= 15 is 0 Å². The van der Waals surface area contributed by atoms with Gasteiger partial charge in [-0.1, -0.05) is 50.6 Å². The third-order valence-electron chi connectivity index (χ3n) is 3.21. The molecule has 0 heterocycles. The molecule has 0 saturated heterocycles. The molecule has 1 atom stereocenters. The number of aryl methyl sites for hydroxylation is 1. The minimum Gasteiger partial charge on any atom is -0.309 e. The summed E-state index contributed by atoms with van der Waals surface area (Å²) in [5.74, 6) is 3.26. The lowest BCUT2D eigenvalue weighted by Gasteiger charge is -2.19. The summed E-state index contributed by atoms with van der Waals surface area (Å²) in [6, 6.07) is 9.41. The van der Waals surface area contributed by atoms with Crippen LogP contribution < -0.4 is 5.32 Å². The van der Waals surface area contributed by atoms with Gasteiger partial charge in [-0.25, -0.2) is 0 Å².